The number of halogens is 1. The van der Waals surface area contributed by atoms with Crippen molar-refractivity contribution in [3.05, 3.63) is 94.2 Å². The van der Waals surface area contributed by atoms with Crippen molar-refractivity contribution in [3.63, 3.8) is 0 Å². The molecule has 31 heavy (non-hydrogen) atoms. The lowest BCUT2D eigenvalue weighted by Gasteiger charge is -2.13. The first-order valence-corrected chi connectivity index (χ1v) is 10.6. The lowest BCUT2D eigenvalue weighted by atomic mass is 10.2. The van der Waals surface area contributed by atoms with E-state index in [4.69, 9.17) is 0 Å². The molecule has 2 heterocycles. The van der Waals surface area contributed by atoms with Gasteiger partial charge in [0.15, 0.2) is 10.8 Å². The van der Waals surface area contributed by atoms with E-state index < -0.39 is 0 Å². The first kappa shape index (κ1) is 20.7. The summed E-state index contributed by atoms with van der Waals surface area (Å²) in [6.45, 7) is 1.98. The summed E-state index contributed by atoms with van der Waals surface area (Å²) in [4.78, 5) is 34.2. The van der Waals surface area contributed by atoms with Crippen molar-refractivity contribution in [2.45, 2.75) is 18.6 Å². The lowest BCUT2D eigenvalue weighted by Crippen LogP contribution is -2.25. The molecule has 4 aromatic rings. The van der Waals surface area contributed by atoms with Gasteiger partial charge in [0.05, 0.1) is 17.7 Å². The first-order valence-electron chi connectivity index (χ1n) is 9.59. The maximum Gasteiger partial charge on any atom is 0.263 e. The van der Waals surface area contributed by atoms with Crippen LogP contribution in [0, 0.1) is 12.7 Å². The largest absolute Gasteiger partial charge is 0.325 e. The fourth-order valence-electron chi connectivity index (χ4n) is 3.05. The summed E-state index contributed by atoms with van der Waals surface area (Å²) in [6, 6.07) is 17.5. The van der Waals surface area contributed by atoms with Gasteiger partial charge in [-0.05, 0) is 42.3 Å². The van der Waals surface area contributed by atoms with Crippen LogP contribution in [-0.2, 0) is 11.3 Å². The topological polar surface area (TPSA) is 76.9 Å². The van der Waals surface area contributed by atoms with Crippen LogP contribution in [0.25, 0.3) is 11.0 Å². The van der Waals surface area contributed by atoms with Crippen molar-refractivity contribution in [2.75, 3.05) is 11.1 Å². The van der Waals surface area contributed by atoms with Crippen LogP contribution in [0.2, 0.25) is 0 Å². The van der Waals surface area contributed by atoms with Gasteiger partial charge in [0.25, 0.3) is 5.56 Å². The molecule has 0 spiro atoms. The molecular formula is C23H19FN4O2S. The molecule has 1 amide bonds. The van der Waals surface area contributed by atoms with Gasteiger partial charge in [-0.3, -0.25) is 14.2 Å². The molecule has 1 N–H and O–H groups in total. The van der Waals surface area contributed by atoms with Crippen molar-refractivity contribution in [1.82, 2.24) is 14.5 Å². The third-order valence-electron chi connectivity index (χ3n) is 4.67. The lowest BCUT2D eigenvalue weighted by molar-refractivity contribution is -0.113. The summed E-state index contributed by atoms with van der Waals surface area (Å²) in [7, 11) is 0. The Morgan fingerprint density at radius 2 is 1.94 bits per heavy atom. The number of nitrogens with zero attached hydrogens (tertiary/aromatic N) is 3. The Kier molecular flexibility index (Phi) is 6.08. The van der Waals surface area contributed by atoms with E-state index in [9.17, 15) is 14.0 Å². The van der Waals surface area contributed by atoms with Gasteiger partial charge >= 0.3 is 0 Å². The van der Waals surface area contributed by atoms with E-state index in [0.717, 1.165) is 17.3 Å². The molecular weight excluding hydrogens is 415 g/mol. The fourth-order valence-corrected chi connectivity index (χ4v) is 3.84. The summed E-state index contributed by atoms with van der Waals surface area (Å²) < 4.78 is 15.3. The Hall–Kier alpha value is -3.52. The molecule has 0 saturated heterocycles. The van der Waals surface area contributed by atoms with Crippen LogP contribution in [0.4, 0.5) is 10.1 Å². The summed E-state index contributed by atoms with van der Waals surface area (Å²) in [5.41, 5.74) is 1.94. The predicted molar refractivity (Wildman–Crippen MR) is 120 cm³/mol. The summed E-state index contributed by atoms with van der Waals surface area (Å²) in [5.74, 6) is -0.700. The molecule has 0 aliphatic heterocycles. The van der Waals surface area contributed by atoms with Gasteiger partial charge in [-0.2, -0.15) is 0 Å². The summed E-state index contributed by atoms with van der Waals surface area (Å²) in [6.07, 6.45) is 1.57. The van der Waals surface area contributed by atoms with Gasteiger partial charge in [0.2, 0.25) is 5.91 Å². The van der Waals surface area contributed by atoms with Crippen molar-refractivity contribution < 1.29 is 9.18 Å². The molecule has 8 heteroatoms. The number of nitrogens with one attached hydrogen (secondary N) is 1. The van der Waals surface area contributed by atoms with Crippen LogP contribution in [0.1, 0.15) is 11.1 Å². The standard InChI is InChI=1S/C23H19FN4O2S/c1-15-9-10-17(12-19(15)24)26-20(29)14-31-23-27-21-18(8-5-11-25-21)22(30)28(23)13-16-6-3-2-4-7-16/h2-12H,13-14H2,1H3,(H,26,29). The average molecular weight is 434 g/mol. The Labute approximate surface area is 182 Å². The normalized spacial score (nSPS) is 10.9. The van der Waals surface area contributed by atoms with Gasteiger partial charge < -0.3 is 5.32 Å². The number of amides is 1. The number of benzene rings is 2. The zero-order valence-electron chi connectivity index (χ0n) is 16.7. The van der Waals surface area contributed by atoms with E-state index in [1.54, 1.807) is 42.0 Å². The number of aryl methyl sites for hydroxylation is 1. The van der Waals surface area contributed by atoms with E-state index in [1.165, 1.54) is 6.07 Å². The minimum atomic E-state index is -0.385. The molecule has 0 atom stereocenters. The average Bonchev–Trinajstić information content (AvgIpc) is 2.78. The zero-order valence-corrected chi connectivity index (χ0v) is 17.5. The molecule has 0 aliphatic rings. The highest BCUT2D eigenvalue weighted by Gasteiger charge is 2.15. The van der Waals surface area contributed by atoms with Gasteiger partial charge in [0.1, 0.15) is 5.82 Å². The number of carbonyl (C=O) groups is 1. The Morgan fingerprint density at radius 1 is 1.13 bits per heavy atom. The van der Waals surface area contributed by atoms with E-state index in [1.807, 2.05) is 30.3 Å². The van der Waals surface area contributed by atoms with Crippen LogP contribution in [0.5, 0.6) is 0 Å². The molecule has 6 nitrogen and oxygen atoms in total. The van der Waals surface area contributed by atoms with E-state index in [2.05, 4.69) is 15.3 Å². The smallest absolute Gasteiger partial charge is 0.263 e. The minimum Gasteiger partial charge on any atom is -0.325 e. The number of hydrogen-bond acceptors (Lipinski definition) is 5. The van der Waals surface area contributed by atoms with Gasteiger partial charge in [0, 0.05) is 11.9 Å². The minimum absolute atomic E-state index is 0.00899. The second-order valence-corrected chi connectivity index (χ2v) is 7.89. The molecule has 0 unspecified atom stereocenters. The van der Waals surface area contributed by atoms with Crippen LogP contribution in [-0.4, -0.2) is 26.2 Å². The molecule has 0 radical (unpaired) electrons. The Bertz CT molecular complexity index is 1310. The van der Waals surface area contributed by atoms with Crippen LogP contribution < -0.4 is 10.9 Å². The summed E-state index contributed by atoms with van der Waals surface area (Å²) in [5, 5.41) is 3.48. The second kappa shape index (κ2) is 9.09. The number of anilines is 1. The molecule has 2 aromatic carbocycles. The Balaban J connectivity index is 1.59. The van der Waals surface area contributed by atoms with Crippen molar-refractivity contribution >= 4 is 34.4 Å². The SMILES string of the molecule is Cc1ccc(NC(=O)CSc2nc3ncccc3c(=O)n2Cc2ccccc2)cc1F. The van der Waals surface area contributed by atoms with Gasteiger partial charge in [-0.15, -0.1) is 0 Å². The van der Waals surface area contributed by atoms with Crippen molar-refractivity contribution in [3.8, 4) is 0 Å². The number of fused-ring (bicyclic) bond motifs is 1. The van der Waals surface area contributed by atoms with E-state index >= 15 is 0 Å². The molecule has 0 aliphatic carbocycles. The molecule has 2 aromatic heterocycles. The predicted octanol–water partition coefficient (Wildman–Crippen LogP) is 4.02. The summed E-state index contributed by atoms with van der Waals surface area (Å²) >= 11 is 1.14. The van der Waals surface area contributed by atoms with E-state index in [0.29, 0.717) is 34.0 Å². The number of thioether (sulfide) groups is 1. The van der Waals surface area contributed by atoms with Crippen molar-refractivity contribution in [1.29, 1.82) is 0 Å². The fraction of sp³-hybridized carbons (Fsp3) is 0.130. The van der Waals surface area contributed by atoms with Crippen LogP contribution >= 0.6 is 11.8 Å². The maximum absolute atomic E-state index is 13.7. The second-order valence-electron chi connectivity index (χ2n) is 6.95. The zero-order chi connectivity index (χ0) is 21.8. The Morgan fingerprint density at radius 3 is 2.71 bits per heavy atom. The third kappa shape index (κ3) is 4.80. The first-order chi connectivity index (χ1) is 15.0. The van der Waals surface area contributed by atoms with Crippen molar-refractivity contribution in [2.24, 2.45) is 0 Å². The van der Waals surface area contributed by atoms with E-state index in [-0.39, 0.29) is 23.0 Å². The number of carbonyl (C=O) groups excluding carboxylic acids is 1. The molecule has 0 bridgehead atoms. The number of rotatable bonds is 6. The van der Waals surface area contributed by atoms with Crippen LogP contribution in [0.3, 0.4) is 0 Å². The quantitative estimate of drug-likeness (QED) is 0.366. The highest BCUT2D eigenvalue weighted by molar-refractivity contribution is 7.99. The highest BCUT2D eigenvalue weighted by atomic mass is 32.2. The number of aromatic nitrogens is 3. The van der Waals surface area contributed by atoms with Gasteiger partial charge in [-0.1, -0.05) is 48.2 Å². The monoisotopic (exact) mass is 434 g/mol. The number of pyridine rings is 1. The molecule has 156 valence electrons. The molecule has 4 rings (SSSR count). The molecule has 0 fully saturated rings. The molecule has 0 saturated carbocycles. The van der Waals surface area contributed by atoms with Gasteiger partial charge in [-0.25, -0.2) is 14.4 Å². The third-order valence-corrected chi connectivity index (χ3v) is 5.64. The maximum atomic E-state index is 13.7. The highest BCUT2D eigenvalue weighted by Crippen LogP contribution is 2.19. The van der Waals surface area contributed by atoms with Crippen LogP contribution in [0.15, 0.2) is 76.8 Å². The number of hydrogen-bond donors (Lipinski definition) is 1.